The fourth-order valence-electron chi connectivity index (χ4n) is 1.58. The molecular formula is C13H20FNO. The Kier molecular flexibility index (Phi) is 5.86. The molecule has 0 aliphatic heterocycles. The van der Waals surface area contributed by atoms with Gasteiger partial charge in [-0.05, 0) is 50.0 Å². The van der Waals surface area contributed by atoms with Crippen molar-refractivity contribution in [2.24, 2.45) is 0 Å². The first-order chi connectivity index (χ1) is 7.77. The molecule has 0 amide bonds. The minimum atomic E-state index is -0.276. The van der Waals surface area contributed by atoms with Gasteiger partial charge >= 0.3 is 0 Å². The maximum Gasteiger partial charge on any atom is 0.165 e. The van der Waals surface area contributed by atoms with Crippen LogP contribution in [-0.4, -0.2) is 20.2 Å². The van der Waals surface area contributed by atoms with Gasteiger partial charge in [0.1, 0.15) is 0 Å². The van der Waals surface area contributed by atoms with Gasteiger partial charge in [0.2, 0.25) is 0 Å². The summed E-state index contributed by atoms with van der Waals surface area (Å²) in [7, 11) is 1.48. The van der Waals surface area contributed by atoms with E-state index < -0.39 is 0 Å². The number of hydrogen-bond donors (Lipinski definition) is 1. The molecule has 1 aromatic rings. The van der Waals surface area contributed by atoms with Gasteiger partial charge in [-0.25, -0.2) is 4.39 Å². The van der Waals surface area contributed by atoms with Crippen LogP contribution < -0.4 is 10.1 Å². The number of methoxy groups -OCH3 is 1. The zero-order valence-electron chi connectivity index (χ0n) is 10.1. The molecule has 0 saturated heterocycles. The highest BCUT2D eigenvalue weighted by Gasteiger charge is 2.02. The van der Waals surface area contributed by atoms with E-state index in [1.165, 1.54) is 7.11 Å². The van der Waals surface area contributed by atoms with Gasteiger partial charge in [-0.3, -0.25) is 0 Å². The minimum absolute atomic E-state index is 0.276. The van der Waals surface area contributed by atoms with Crippen molar-refractivity contribution >= 4 is 0 Å². The molecule has 0 aliphatic rings. The first kappa shape index (κ1) is 13.0. The van der Waals surface area contributed by atoms with Crippen molar-refractivity contribution in [2.45, 2.75) is 26.2 Å². The second-order valence-corrected chi connectivity index (χ2v) is 3.82. The molecule has 0 bridgehead atoms. The summed E-state index contributed by atoms with van der Waals surface area (Å²) in [6.45, 7) is 4.18. The van der Waals surface area contributed by atoms with Crippen LogP contribution in [-0.2, 0) is 6.42 Å². The van der Waals surface area contributed by atoms with E-state index in [0.29, 0.717) is 5.75 Å². The van der Waals surface area contributed by atoms with E-state index in [9.17, 15) is 4.39 Å². The topological polar surface area (TPSA) is 21.3 Å². The van der Waals surface area contributed by atoms with Gasteiger partial charge in [0.15, 0.2) is 11.6 Å². The fourth-order valence-corrected chi connectivity index (χ4v) is 1.58. The molecule has 1 N–H and O–H groups in total. The van der Waals surface area contributed by atoms with Crippen molar-refractivity contribution in [1.29, 1.82) is 0 Å². The summed E-state index contributed by atoms with van der Waals surface area (Å²) < 4.78 is 18.2. The molecule has 0 unspecified atom stereocenters. The molecule has 2 nitrogen and oxygen atoms in total. The summed E-state index contributed by atoms with van der Waals surface area (Å²) in [6.07, 6.45) is 3.08. The molecule has 0 aromatic heterocycles. The number of ether oxygens (including phenoxy) is 1. The second-order valence-electron chi connectivity index (χ2n) is 3.82. The second kappa shape index (κ2) is 7.23. The molecule has 3 heteroatoms. The fraction of sp³-hybridized carbons (Fsp3) is 0.538. The predicted octanol–water partition coefficient (Wildman–Crippen LogP) is 2.77. The highest BCUT2D eigenvalue weighted by molar-refractivity contribution is 5.29. The normalized spacial score (nSPS) is 10.4. The maximum absolute atomic E-state index is 13.3. The number of rotatable bonds is 7. The van der Waals surface area contributed by atoms with Crippen molar-refractivity contribution in [3.63, 3.8) is 0 Å². The molecule has 1 aromatic carbocycles. The van der Waals surface area contributed by atoms with Crippen LogP contribution in [0.5, 0.6) is 5.75 Å². The summed E-state index contributed by atoms with van der Waals surface area (Å²) in [5.74, 6) is 0.0365. The molecule has 0 saturated carbocycles. The lowest BCUT2D eigenvalue weighted by Crippen LogP contribution is -2.16. The number of nitrogens with one attached hydrogen (secondary N) is 1. The minimum Gasteiger partial charge on any atom is -0.494 e. The molecule has 0 fully saturated rings. The molecule has 90 valence electrons. The van der Waals surface area contributed by atoms with Gasteiger partial charge < -0.3 is 10.1 Å². The Labute approximate surface area is 96.8 Å². The van der Waals surface area contributed by atoms with E-state index in [4.69, 9.17) is 4.74 Å². The van der Waals surface area contributed by atoms with Crippen LogP contribution in [0.4, 0.5) is 4.39 Å². The van der Waals surface area contributed by atoms with Crippen LogP contribution in [0.3, 0.4) is 0 Å². The van der Waals surface area contributed by atoms with E-state index in [0.717, 1.165) is 37.9 Å². The average Bonchev–Trinajstić information content (AvgIpc) is 2.29. The first-order valence-corrected chi connectivity index (χ1v) is 5.81. The zero-order chi connectivity index (χ0) is 11.8. The summed E-state index contributed by atoms with van der Waals surface area (Å²) in [6, 6.07) is 5.16. The Morgan fingerprint density at radius 2 is 2.12 bits per heavy atom. The standard InChI is InChI=1S/C13H20FNO/c1-3-8-15-9-4-5-11-6-7-13(16-2)12(14)10-11/h6-7,10,15H,3-5,8-9H2,1-2H3. The predicted molar refractivity (Wildman–Crippen MR) is 64.4 cm³/mol. The number of aryl methyl sites for hydroxylation is 1. The van der Waals surface area contributed by atoms with E-state index >= 15 is 0 Å². The van der Waals surface area contributed by atoms with Crippen LogP contribution in [0.15, 0.2) is 18.2 Å². The van der Waals surface area contributed by atoms with Crippen LogP contribution in [0, 0.1) is 5.82 Å². The van der Waals surface area contributed by atoms with Gasteiger partial charge in [0.25, 0.3) is 0 Å². The zero-order valence-corrected chi connectivity index (χ0v) is 10.1. The Morgan fingerprint density at radius 3 is 2.75 bits per heavy atom. The molecule has 0 radical (unpaired) electrons. The SMILES string of the molecule is CCCNCCCc1ccc(OC)c(F)c1. The van der Waals surface area contributed by atoms with Gasteiger partial charge in [0.05, 0.1) is 7.11 Å². The molecule has 16 heavy (non-hydrogen) atoms. The third kappa shape index (κ3) is 4.19. The quantitative estimate of drug-likeness (QED) is 0.720. The van der Waals surface area contributed by atoms with Crippen LogP contribution in [0.1, 0.15) is 25.3 Å². The number of hydrogen-bond acceptors (Lipinski definition) is 2. The van der Waals surface area contributed by atoms with Gasteiger partial charge in [0, 0.05) is 0 Å². The summed E-state index contributed by atoms with van der Waals surface area (Å²) in [4.78, 5) is 0. The smallest absolute Gasteiger partial charge is 0.165 e. The third-order valence-corrected chi connectivity index (χ3v) is 2.46. The van der Waals surface area contributed by atoms with Gasteiger partial charge in [-0.1, -0.05) is 13.0 Å². The van der Waals surface area contributed by atoms with Crippen molar-refractivity contribution < 1.29 is 9.13 Å². The van der Waals surface area contributed by atoms with Crippen LogP contribution >= 0.6 is 0 Å². The van der Waals surface area contributed by atoms with E-state index in [1.807, 2.05) is 6.07 Å². The van der Waals surface area contributed by atoms with Gasteiger partial charge in [-0.2, -0.15) is 0 Å². The summed E-state index contributed by atoms with van der Waals surface area (Å²) >= 11 is 0. The third-order valence-electron chi connectivity index (χ3n) is 2.46. The lowest BCUT2D eigenvalue weighted by atomic mass is 10.1. The molecular weight excluding hydrogens is 205 g/mol. The lowest BCUT2D eigenvalue weighted by molar-refractivity contribution is 0.386. The van der Waals surface area contributed by atoms with Crippen LogP contribution in [0.25, 0.3) is 0 Å². The Hall–Kier alpha value is -1.09. The molecule has 0 aliphatic carbocycles. The number of halogens is 1. The molecule has 0 heterocycles. The number of benzene rings is 1. The highest BCUT2D eigenvalue weighted by Crippen LogP contribution is 2.18. The van der Waals surface area contributed by atoms with Gasteiger partial charge in [-0.15, -0.1) is 0 Å². The van der Waals surface area contributed by atoms with E-state index in [-0.39, 0.29) is 5.82 Å². The maximum atomic E-state index is 13.3. The Bertz CT molecular complexity index is 315. The average molecular weight is 225 g/mol. The Morgan fingerprint density at radius 1 is 1.31 bits per heavy atom. The Balaban J connectivity index is 2.34. The lowest BCUT2D eigenvalue weighted by Gasteiger charge is -2.06. The summed E-state index contributed by atoms with van der Waals surface area (Å²) in [5, 5.41) is 3.32. The summed E-state index contributed by atoms with van der Waals surface area (Å²) in [5.41, 5.74) is 1.02. The monoisotopic (exact) mass is 225 g/mol. The molecule has 1 rings (SSSR count). The highest BCUT2D eigenvalue weighted by atomic mass is 19.1. The van der Waals surface area contributed by atoms with Crippen molar-refractivity contribution in [3.05, 3.63) is 29.6 Å². The van der Waals surface area contributed by atoms with Crippen molar-refractivity contribution in [3.8, 4) is 5.75 Å². The van der Waals surface area contributed by atoms with E-state index in [1.54, 1.807) is 12.1 Å². The first-order valence-electron chi connectivity index (χ1n) is 5.81. The largest absolute Gasteiger partial charge is 0.494 e. The van der Waals surface area contributed by atoms with Crippen molar-refractivity contribution in [2.75, 3.05) is 20.2 Å². The molecule has 0 spiro atoms. The van der Waals surface area contributed by atoms with Crippen molar-refractivity contribution in [1.82, 2.24) is 5.32 Å². The molecule has 0 atom stereocenters. The van der Waals surface area contributed by atoms with Crippen LogP contribution in [0.2, 0.25) is 0 Å². The van der Waals surface area contributed by atoms with E-state index in [2.05, 4.69) is 12.2 Å².